The molecule has 8 heteroatoms. The average Bonchev–Trinajstić information content (AvgIpc) is 2.65. The molecular weight excluding hydrogens is 422 g/mol. The van der Waals surface area contributed by atoms with Crippen LogP contribution >= 0.6 is 15.9 Å². The Morgan fingerprint density at radius 3 is 2.39 bits per heavy atom. The number of anilines is 2. The fourth-order valence-electron chi connectivity index (χ4n) is 3.25. The van der Waals surface area contributed by atoms with Crippen LogP contribution in [0.2, 0.25) is 0 Å². The number of hydrogen-bond acceptors (Lipinski definition) is 6. The van der Waals surface area contributed by atoms with E-state index in [0.717, 1.165) is 47.6 Å². The predicted octanol–water partition coefficient (Wildman–Crippen LogP) is 4.13. The topological polar surface area (TPSA) is 79.4 Å². The van der Waals surface area contributed by atoms with Gasteiger partial charge in [0.15, 0.2) is 0 Å². The molecule has 0 radical (unpaired) electrons. The van der Waals surface area contributed by atoms with E-state index >= 15 is 0 Å². The lowest BCUT2D eigenvalue weighted by molar-refractivity contribution is 0.191. The molecule has 1 fully saturated rings. The van der Waals surface area contributed by atoms with Crippen molar-refractivity contribution in [3.05, 3.63) is 40.6 Å². The van der Waals surface area contributed by atoms with E-state index in [1.807, 2.05) is 44.1 Å². The van der Waals surface area contributed by atoms with Gasteiger partial charge in [0.2, 0.25) is 0 Å². The highest BCUT2D eigenvalue weighted by Gasteiger charge is 2.23. The molecule has 0 saturated heterocycles. The van der Waals surface area contributed by atoms with Crippen molar-refractivity contribution in [1.82, 2.24) is 15.3 Å². The molecule has 1 amide bonds. The van der Waals surface area contributed by atoms with Crippen LogP contribution in [0, 0.1) is 6.92 Å². The van der Waals surface area contributed by atoms with Gasteiger partial charge in [-0.05, 0) is 56.9 Å². The van der Waals surface area contributed by atoms with E-state index in [2.05, 4.69) is 36.5 Å². The Labute approximate surface area is 174 Å². The number of hydrogen-bond donors (Lipinski definition) is 2. The van der Waals surface area contributed by atoms with Crippen LogP contribution in [0.25, 0.3) is 0 Å². The van der Waals surface area contributed by atoms with Crippen LogP contribution < -0.4 is 20.3 Å². The van der Waals surface area contributed by atoms with Gasteiger partial charge in [-0.1, -0.05) is 15.9 Å². The van der Waals surface area contributed by atoms with Gasteiger partial charge < -0.3 is 20.3 Å². The summed E-state index contributed by atoms with van der Waals surface area (Å²) >= 11 is 3.36. The zero-order valence-electron chi connectivity index (χ0n) is 16.4. The first-order valence-electron chi connectivity index (χ1n) is 9.42. The maximum Gasteiger partial charge on any atom is 0.412 e. The van der Waals surface area contributed by atoms with Crippen molar-refractivity contribution >= 4 is 33.7 Å². The molecule has 3 rings (SSSR count). The maximum atomic E-state index is 12.1. The number of ether oxygens (including phenoxy) is 1. The molecule has 7 nitrogen and oxygen atoms in total. The molecule has 1 aromatic carbocycles. The van der Waals surface area contributed by atoms with Crippen molar-refractivity contribution in [2.24, 2.45) is 0 Å². The standard InChI is InChI=1S/C20H26BrN5O2/c1-13-22-18(12-19(23-13)26(2)3)24-15-6-8-16(9-7-15)25-20(27)28-17-10-4-14(21)5-11-17/h4-5,10-12,15-16H,6-9H2,1-3H3,(H,25,27)(H,22,23,24). The van der Waals surface area contributed by atoms with Crippen molar-refractivity contribution in [1.29, 1.82) is 0 Å². The Morgan fingerprint density at radius 2 is 1.75 bits per heavy atom. The summed E-state index contributed by atoms with van der Waals surface area (Å²) in [6.45, 7) is 1.90. The molecule has 1 aromatic heterocycles. The highest BCUT2D eigenvalue weighted by atomic mass is 79.9. The Balaban J connectivity index is 1.46. The molecule has 1 aliphatic carbocycles. The van der Waals surface area contributed by atoms with Gasteiger partial charge in [0.25, 0.3) is 0 Å². The number of aromatic nitrogens is 2. The second kappa shape index (κ2) is 9.23. The quantitative estimate of drug-likeness (QED) is 0.717. The summed E-state index contributed by atoms with van der Waals surface area (Å²) in [5.41, 5.74) is 0. The van der Waals surface area contributed by atoms with E-state index in [-0.39, 0.29) is 6.04 Å². The number of aryl methyl sites for hydroxylation is 1. The fraction of sp³-hybridized carbons (Fsp3) is 0.450. The average molecular weight is 448 g/mol. The van der Waals surface area contributed by atoms with Gasteiger partial charge in [0, 0.05) is 36.7 Å². The monoisotopic (exact) mass is 447 g/mol. The summed E-state index contributed by atoms with van der Waals surface area (Å²) < 4.78 is 6.28. The Bertz CT molecular complexity index is 805. The van der Waals surface area contributed by atoms with Gasteiger partial charge in [-0.15, -0.1) is 0 Å². The Kier molecular flexibility index (Phi) is 6.72. The first kappa shape index (κ1) is 20.4. The first-order chi connectivity index (χ1) is 13.4. The summed E-state index contributed by atoms with van der Waals surface area (Å²) in [6.07, 6.45) is 3.32. The number of nitrogens with zero attached hydrogens (tertiary/aromatic N) is 3. The Morgan fingerprint density at radius 1 is 1.11 bits per heavy atom. The summed E-state index contributed by atoms with van der Waals surface area (Å²) in [6, 6.07) is 9.64. The number of halogens is 1. The number of amides is 1. The number of benzene rings is 1. The molecule has 2 N–H and O–H groups in total. The van der Waals surface area contributed by atoms with Gasteiger partial charge in [-0.25, -0.2) is 14.8 Å². The van der Waals surface area contributed by atoms with Crippen LogP contribution in [0.15, 0.2) is 34.8 Å². The summed E-state index contributed by atoms with van der Waals surface area (Å²) in [4.78, 5) is 23.0. The molecular formula is C20H26BrN5O2. The number of rotatable bonds is 5. The zero-order valence-corrected chi connectivity index (χ0v) is 18.0. The van der Waals surface area contributed by atoms with E-state index in [9.17, 15) is 4.79 Å². The number of carbonyl (C=O) groups is 1. The van der Waals surface area contributed by atoms with Crippen LogP contribution in [0.3, 0.4) is 0 Å². The van der Waals surface area contributed by atoms with E-state index in [1.54, 1.807) is 12.1 Å². The van der Waals surface area contributed by atoms with Crippen LogP contribution in [0.5, 0.6) is 5.75 Å². The van der Waals surface area contributed by atoms with Crippen molar-refractivity contribution in [2.45, 2.75) is 44.7 Å². The molecule has 0 bridgehead atoms. The fourth-order valence-corrected chi connectivity index (χ4v) is 3.52. The van der Waals surface area contributed by atoms with Gasteiger partial charge >= 0.3 is 6.09 Å². The minimum absolute atomic E-state index is 0.130. The second-order valence-electron chi connectivity index (χ2n) is 7.23. The molecule has 1 aliphatic rings. The highest BCUT2D eigenvalue weighted by molar-refractivity contribution is 9.10. The molecule has 0 spiro atoms. The van der Waals surface area contributed by atoms with Gasteiger partial charge in [-0.2, -0.15) is 0 Å². The first-order valence-corrected chi connectivity index (χ1v) is 10.2. The minimum atomic E-state index is -0.402. The predicted molar refractivity (Wildman–Crippen MR) is 114 cm³/mol. The molecule has 1 saturated carbocycles. The zero-order chi connectivity index (χ0) is 20.1. The largest absolute Gasteiger partial charge is 0.412 e. The smallest absolute Gasteiger partial charge is 0.410 e. The van der Waals surface area contributed by atoms with Crippen molar-refractivity contribution in [2.75, 3.05) is 24.3 Å². The second-order valence-corrected chi connectivity index (χ2v) is 8.15. The lowest BCUT2D eigenvalue weighted by Crippen LogP contribution is -2.41. The van der Waals surface area contributed by atoms with Gasteiger partial charge in [0.1, 0.15) is 23.2 Å². The van der Waals surface area contributed by atoms with Crippen molar-refractivity contribution in [3.8, 4) is 5.75 Å². The lowest BCUT2D eigenvalue weighted by Gasteiger charge is -2.30. The lowest BCUT2D eigenvalue weighted by atomic mass is 9.91. The SMILES string of the molecule is Cc1nc(NC2CCC(NC(=O)Oc3ccc(Br)cc3)CC2)cc(N(C)C)n1. The molecule has 0 atom stereocenters. The van der Waals surface area contributed by atoms with Crippen LogP contribution in [-0.2, 0) is 0 Å². The van der Waals surface area contributed by atoms with Gasteiger partial charge in [-0.3, -0.25) is 0 Å². The van der Waals surface area contributed by atoms with E-state index in [4.69, 9.17) is 4.74 Å². The molecule has 28 heavy (non-hydrogen) atoms. The summed E-state index contributed by atoms with van der Waals surface area (Å²) in [5, 5.41) is 6.48. The molecule has 0 unspecified atom stereocenters. The molecule has 0 aliphatic heterocycles. The van der Waals surface area contributed by atoms with E-state index in [1.165, 1.54) is 0 Å². The molecule has 150 valence electrons. The van der Waals surface area contributed by atoms with E-state index in [0.29, 0.717) is 11.8 Å². The molecule has 1 heterocycles. The van der Waals surface area contributed by atoms with Crippen molar-refractivity contribution < 1.29 is 9.53 Å². The Hall–Kier alpha value is -2.35. The third kappa shape index (κ3) is 5.82. The third-order valence-corrected chi connectivity index (χ3v) is 5.24. The number of carbonyl (C=O) groups excluding carboxylic acids is 1. The summed E-state index contributed by atoms with van der Waals surface area (Å²) in [5.74, 6) is 3.02. The normalized spacial score (nSPS) is 19.0. The maximum absolute atomic E-state index is 12.1. The van der Waals surface area contributed by atoms with Gasteiger partial charge in [0.05, 0.1) is 0 Å². The van der Waals surface area contributed by atoms with E-state index < -0.39 is 6.09 Å². The minimum Gasteiger partial charge on any atom is -0.410 e. The highest BCUT2D eigenvalue weighted by Crippen LogP contribution is 2.23. The number of nitrogens with one attached hydrogen (secondary N) is 2. The third-order valence-electron chi connectivity index (χ3n) is 4.71. The van der Waals surface area contributed by atoms with Crippen molar-refractivity contribution in [3.63, 3.8) is 0 Å². The van der Waals surface area contributed by atoms with Crippen LogP contribution in [0.1, 0.15) is 31.5 Å². The van der Waals surface area contributed by atoms with Crippen LogP contribution in [0.4, 0.5) is 16.4 Å². The molecule has 2 aromatic rings. The summed E-state index contributed by atoms with van der Waals surface area (Å²) in [7, 11) is 3.94. The van der Waals surface area contributed by atoms with Crippen LogP contribution in [-0.4, -0.2) is 42.2 Å².